The zero-order valence-electron chi connectivity index (χ0n) is 15.2. The number of anilines is 1. The number of nitriles is 1. The largest absolute Gasteiger partial charge is 0.478 e. The highest BCUT2D eigenvalue weighted by atomic mass is 35.5. The Balaban J connectivity index is 2.52. The van der Waals surface area contributed by atoms with Crippen LogP contribution in [-0.4, -0.2) is 31.1 Å². The predicted octanol–water partition coefficient (Wildman–Crippen LogP) is 3.89. The van der Waals surface area contributed by atoms with Crippen molar-refractivity contribution in [1.82, 2.24) is 0 Å². The summed E-state index contributed by atoms with van der Waals surface area (Å²) in [6.45, 7) is 0. The molecule has 0 aromatic heterocycles. The van der Waals surface area contributed by atoms with Crippen molar-refractivity contribution in [2.45, 2.75) is 0 Å². The standard InChI is InChI=1S/C21H16ClN3O3/c1-25(2)18-9-16(17(21(27)28)8-12(18)10-23)19-14-6-4-13(22)7-11(14)3-5-15(19)20(24)26/h3-9H,1-2H3,(H2,24,26)(H,27,28). The third-order valence-corrected chi connectivity index (χ3v) is 4.72. The zero-order chi connectivity index (χ0) is 20.6. The summed E-state index contributed by atoms with van der Waals surface area (Å²) < 4.78 is 0. The number of amides is 1. The van der Waals surface area contributed by atoms with Gasteiger partial charge in [-0.1, -0.05) is 23.7 Å². The van der Waals surface area contributed by atoms with Crippen LogP contribution in [0.1, 0.15) is 26.3 Å². The molecule has 3 aromatic rings. The summed E-state index contributed by atoms with van der Waals surface area (Å²) >= 11 is 6.08. The van der Waals surface area contributed by atoms with Gasteiger partial charge in [-0.25, -0.2) is 4.79 Å². The summed E-state index contributed by atoms with van der Waals surface area (Å²) in [7, 11) is 3.50. The second-order valence-electron chi connectivity index (χ2n) is 6.44. The number of benzene rings is 3. The minimum atomic E-state index is -1.21. The first-order valence-corrected chi connectivity index (χ1v) is 8.63. The molecule has 0 atom stereocenters. The number of carbonyl (C=O) groups excluding carboxylic acids is 1. The maximum Gasteiger partial charge on any atom is 0.336 e. The molecular formula is C21H16ClN3O3. The molecule has 0 radical (unpaired) electrons. The highest BCUT2D eigenvalue weighted by Gasteiger charge is 2.22. The molecule has 0 aliphatic rings. The lowest BCUT2D eigenvalue weighted by atomic mass is 9.88. The molecule has 0 fully saturated rings. The Labute approximate surface area is 166 Å². The Morgan fingerprint density at radius 2 is 1.82 bits per heavy atom. The number of primary amides is 1. The summed E-state index contributed by atoms with van der Waals surface area (Å²) in [5, 5.41) is 21.1. The van der Waals surface area contributed by atoms with E-state index in [4.69, 9.17) is 17.3 Å². The normalized spacial score (nSPS) is 10.5. The molecule has 0 bridgehead atoms. The number of hydrogen-bond acceptors (Lipinski definition) is 4. The molecule has 0 unspecified atom stereocenters. The maximum absolute atomic E-state index is 12.1. The SMILES string of the molecule is CN(C)c1cc(-c2c(C(N)=O)ccc3cc(Cl)ccc23)c(C(=O)O)cc1C#N. The van der Waals surface area contributed by atoms with Crippen molar-refractivity contribution in [2.24, 2.45) is 5.73 Å². The first-order valence-electron chi connectivity index (χ1n) is 8.25. The van der Waals surface area contributed by atoms with Crippen LogP contribution in [0, 0.1) is 11.3 Å². The number of nitrogens with zero attached hydrogens (tertiary/aromatic N) is 2. The van der Waals surface area contributed by atoms with Crippen LogP contribution in [0.3, 0.4) is 0 Å². The van der Waals surface area contributed by atoms with E-state index in [2.05, 4.69) is 0 Å². The smallest absolute Gasteiger partial charge is 0.336 e. The first-order chi connectivity index (χ1) is 13.2. The number of halogens is 1. The zero-order valence-corrected chi connectivity index (χ0v) is 15.9. The molecule has 0 aliphatic heterocycles. The van der Waals surface area contributed by atoms with Crippen molar-refractivity contribution in [3.63, 3.8) is 0 Å². The predicted molar refractivity (Wildman–Crippen MR) is 109 cm³/mol. The number of carboxylic acids is 1. The third-order valence-electron chi connectivity index (χ3n) is 4.49. The van der Waals surface area contributed by atoms with Gasteiger partial charge in [-0.15, -0.1) is 0 Å². The van der Waals surface area contributed by atoms with Crippen LogP contribution in [0.15, 0.2) is 42.5 Å². The van der Waals surface area contributed by atoms with Gasteiger partial charge in [0.1, 0.15) is 6.07 Å². The van der Waals surface area contributed by atoms with Crippen molar-refractivity contribution in [2.75, 3.05) is 19.0 Å². The number of carbonyl (C=O) groups is 2. The van der Waals surface area contributed by atoms with Gasteiger partial charge in [-0.3, -0.25) is 4.79 Å². The average molecular weight is 394 g/mol. The molecule has 0 saturated heterocycles. The average Bonchev–Trinajstić information content (AvgIpc) is 2.65. The molecule has 7 heteroatoms. The number of fused-ring (bicyclic) bond motifs is 1. The van der Waals surface area contributed by atoms with Gasteiger partial charge in [0.05, 0.1) is 16.8 Å². The summed E-state index contributed by atoms with van der Waals surface area (Å²) in [6, 6.07) is 13.3. The first kappa shape index (κ1) is 19.2. The number of hydrogen-bond donors (Lipinski definition) is 2. The van der Waals surface area contributed by atoms with E-state index in [0.29, 0.717) is 27.2 Å². The summed E-state index contributed by atoms with van der Waals surface area (Å²) in [5.74, 6) is -1.89. The minimum absolute atomic E-state index is 0.0906. The van der Waals surface area contributed by atoms with Crippen LogP contribution < -0.4 is 10.6 Å². The van der Waals surface area contributed by atoms with E-state index in [1.807, 2.05) is 6.07 Å². The minimum Gasteiger partial charge on any atom is -0.478 e. The van der Waals surface area contributed by atoms with E-state index >= 15 is 0 Å². The van der Waals surface area contributed by atoms with Crippen molar-refractivity contribution in [3.05, 3.63) is 64.2 Å². The van der Waals surface area contributed by atoms with Crippen LogP contribution in [0.4, 0.5) is 5.69 Å². The van der Waals surface area contributed by atoms with Gasteiger partial charge in [0.15, 0.2) is 0 Å². The molecule has 6 nitrogen and oxygen atoms in total. The van der Waals surface area contributed by atoms with E-state index in [0.717, 1.165) is 5.39 Å². The van der Waals surface area contributed by atoms with Crippen molar-refractivity contribution < 1.29 is 14.7 Å². The Bertz CT molecular complexity index is 1180. The monoisotopic (exact) mass is 393 g/mol. The molecular weight excluding hydrogens is 378 g/mol. The highest BCUT2D eigenvalue weighted by Crippen LogP contribution is 2.38. The van der Waals surface area contributed by atoms with Crippen LogP contribution in [0.2, 0.25) is 5.02 Å². The van der Waals surface area contributed by atoms with Gasteiger partial charge in [-0.2, -0.15) is 5.26 Å². The van der Waals surface area contributed by atoms with Crippen molar-refractivity contribution >= 4 is 39.9 Å². The van der Waals surface area contributed by atoms with Crippen LogP contribution >= 0.6 is 11.6 Å². The molecule has 1 amide bonds. The number of aromatic carboxylic acids is 1. The Morgan fingerprint density at radius 3 is 2.39 bits per heavy atom. The van der Waals surface area contributed by atoms with Gasteiger partial charge in [0.25, 0.3) is 0 Å². The molecule has 0 spiro atoms. The molecule has 0 saturated carbocycles. The fourth-order valence-electron chi connectivity index (χ4n) is 3.23. The van der Waals surface area contributed by atoms with E-state index < -0.39 is 11.9 Å². The molecule has 0 heterocycles. The van der Waals surface area contributed by atoms with Crippen LogP contribution in [0.5, 0.6) is 0 Å². The molecule has 3 rings (SSSR count). The molecule has 3 N–H and O–H groups in total. The number of nitrogens with two attached hydrogens (primary N) is 1. The van der Waals surface area contributed by atoms with Crippen LogP contribution in [0.25, 0.3) is 21.9 Å². The second-order valence-corrected chi connectivity index (χ2v) is 6.88. The van der Waals surface area contributed by atoms with E-state index in [-0.39, 0.29) is 16.7 Å². The molecule has 140 valence electrons. The maximum atomic E-state index is 12.1. The quantitative estimate of drug-likeness (QED) is 0.699. The van der Waals surface area contributed by atoms with Gasteiger partial charge < -0.3 is 15.7 Å². The highest BCUT2D eigenvalue weighted by molar-refractivity contribution is 6.31. The molecule has 3 aromatic carbocycles. The van der Waals surface area contributed by atoms with Gasteiger partial charge >= 0.3 is 5.97 Å². The fraction of sp³-hybridized carbons (Fsp3) is 0.0952. The summed E-state index contributed by atoms with van der Waals surface area (Å²) in [4.78, 5) is 25.8. The Hall–Kier alpha value is -3.56. The Morgan fingerprint density at radius 1 is 1.11 bits per heavy atom. The lowest BCUT2D eigenvalue weighted by Crippen LogP contribution is -2.15. The van der Waals surface area contributed by atoms with Crippen molar-refractivity contribution in [3.8, 4) is 17.2 Å². The number of carboxylic acid groups (broad SMARTS) is 1. The lowest BCUT2D eigenvalue weighted by molar-refractivity contribution is 0.0697. The lowest BCUT2D eigenvalue weighted by Gasteiger charge is -2.19. The fourth-order valence-corrected chi connectivity index (χ4v) is 3.41. The number of rotatable bonds is 4. The van der Waals surface area contributed by atoms with Gasteiger partial charge in [0.2, 0.25) is 5.91 Å². The van der Waals surface area contributed by atoms with Gasteiger partial charge in [0, 0.05) is 30.2 Å². The topological polar surface area (TPSA) is 107 Å². The summed E-state index contributed by atoms with van der Waals surface area (Å²) in [6.07, 6.45) is 0. The van der Waals surface area contributed by atoms with E-state index in [9.17, 15) is 20.0 Å². The van der Waals surface area contributed by atoms with Crippen LogP contribution in [-0.2, 0) is 0 Å². The van der Waals surface area contributed by atoms with E-state index in [1.165, 1.54) is 6.07 Å². The second kappa shape index (κ2) is 7.22. The third kappa shape index (κ3) is 3.24. The van der Waals surface area contributed by atoms with Gasteiger partial charge in [-0.05, 0) is 46.7 Å². The summed E-state index contributed by atoms with van der Waals surface area (Å²) in [5.41, 5.74) is 7.12. The Kier molecular flexibility index (Phi) is 4.95. The van der Waals surface area contributed by atoms with E-state index in [1.54, 1.807) is 55.4 Å². The van der Waals surface area contributed by atoms with Crippen molar-refractivity contribution in [1.29, 1.82) is 5.26 Å². The molecule has 0 aliphatic carbocycles. The molecule has 28 heavy (non-hydrogen) atoms.